The molecule has 1 aromatic heterocycles. The fourth-order valence-corrected chi connectivity index (χ4v) is 4.09. The molecule has 0 unspecified atom stereocenters. The van der Waals surface area contributed by atoms with Crippen molar-refractivity contribution in [3.63, 3.8) is 0 Å². The molecule has 166 valence electrons. The number of anilines is 2. The van der Waals surface area contributed by atoms with Crippen molar-refractivity contribution in [2.24, 2.45) is 0 Å². The minimum Gasteiger partial charge on any atom is -0.495 e. The second-order valence-electron chi connectivity index (χ2n) is 7.51. The Morgan fingerprint density at radius 1 is 1.00 bits per heavy atom. The molecule has 2 heterocycles. The quantitative estimate of drug-likeness (QED) is 0.571. The van der Waals surface area contributed by atoms with Gasteiger partial charge >= 0.3 is 6.03 Å². The van der Waals surface area contributed by atoms with Gasteiger partial charge in [0.1, 0.15) is 5.75 Å². The van der Waals surface area contributed by atoms with Crippen molar-refractivity contribution in [2.75, 3.05) is 43.5 Å². The third kappa shape index (κ3) is 4.89. The molecule has 0 spiro atoms. The lowest BCUT2D eigenvalue weighted by Crippen LogP contribution is -2.50. The van der Waals surface area contributed by atoms with E-state index in [0.29, 0.717) is 53.4 Å². The molecule has 0 aliphatic carbocycles. The molecule has 7 nitrogen and oxygen atoms in total. The second kappa shape index (κ2) is 9.63. The second-order valence-corrected chi connectivity index (χ2v) is 8.35. The van der Waals surface area contributed by atoms with Crippen LogP contribution < -0.4 is 15.0 Å². The van der Waals surface area contributed by atoms with Gasteiger partial charge in [-0.1, -0.05) is 29.3 Å². The first-order chi connectivity index (χ1) is 15.4. The first kappa shape index (κ1) is 22.2. The summed E-state index contributed by atoms with van der Waals surface area (Å²) in [6.45, 7) is 4.45. The van der Waals surface area contributed by atoms with Gasteiger partial charge < -0.3 is 19.9 Å². The zero-order chi connectivity index (χ0) is 22.7. The summed E-state index contributed by atoms with van der Waals surface area (Å²) in [4.78, 5) is 16.6. The molecular weight excluding hydrogens is 449 g/mol. The number of aryl methyl sites for hydroxylation is 1. The van der Waals surface area contributed by atoms with Crippen molar-refractivity contribution in [1.29, 1.82) is 0 Å². The number of amides is 2. The largest absolute Gasteiger partial charge is 0.495 e. The van der Waals surface area contributed by atoms with E-state index in [-0.39, 0.29) is 6.03 Å². The number of urea groups is 1. The number of hydrogen-bond donors (Lipinski definition) is 1. The van der Waals surface area contributed by atoms with Crippen molar-refractivity contribution >= 4 is 40.7 Å². The van der Waals surface area contributed by atoms with Crippen LogP contribution in [-0.2, 0) is 0 Å². The van der Waals surface area contributed by atoms with Crippen LogP contribution in [0.15, 0.2) is 48.5 Å². The maximum atomic E-state index is 12.7. The minimum atomic E-state index is -0.146. The lowest BCUT2D eigenvalue weighted by molar-refractivity contribution is 0.208. The molecule has 0 atom stereocenters. The number of carbonyl (C=O) groups is 1. The van der Waals surface area contributed by atoms with E-state index in [0.717, 1.165) is 16.9 Å². The standard InChI is InChI=1S/C23H23Cl2N5O2/c1-15-3-7-21(32-2)20(13-15)26-23(31)30-11-9-29(10-12-30)22-8-6-19(27-28-22)17-5-4-16(24)14-18(17)25/h3-8,13-14H,9-12H2,1-2H3,(H,26,31). The molecule has 1 N–H and O–H groups in total. The molecule has 0 bridgehead atoms. The van der Waals surface area contributed by atoms with Gasteiger partial charge in [-0.15, -0.1) is 10.2 Å². The topological polar surface area (TPSA) is 70.6 Å². The predicted molar refractivity (Wildman–Crippen MR) is 128 cm³/mol. The normalized spacial score (nSPS) is 13.8. The van der Waals surface area contributed by atoms with E-state index in [2.05, 4.69) is 20.4 Å². The molecule has 9 heteroatoms. The molecule has 32 heavy (non-hydrogen) atoms. The summed E-state index contributed by atoms with van der Waals surface area (Å²) in [6, 6.07) is 14.6. The summed E-state index contributed by atoms with van der Waals surface area (Å²) >= 11 is 12.2. The Kier molecular flexibility index (Phi) is 6.67. The molecule has 2 aromatic carbocycles. The van der Waals surface area contributed by atoms with Gasteiger partial charge in [-0.2, -0.15) is 0 Å². The monoisotopic (exact) mass is 471 g/mol. The summed E-state index contributed by atoms with van der Waals surface area (Å²) in [5, 5.41) is 12.7. The van der Waals surface area contributed by atoms with Crippen molar-refractivity contribution < 1.29 is 9.53 Å². The highest BCUT2D eigenvalue weighted by Gasteiger charge is 2.23. The Balaban J connectivity index is 1.37. The molecule has 1 aliphatic heterocycles. The third-order valence-corrected chi connectivity index (χ3v) is 5.89. The smallest absolute Gasteiger partial charge is 0.322 e. The summed E-state index contributed by atoms with van der Waals surface area (Å²) in [7, 11) is 1.59. The Labute approximate surface area is 196 Å². The number of rotatable bonds is 4. The van der Waals surface area contributed by atoms with Crippen LogP contribution in [0.3, 0.4) is 0 Å². The van der Waals surface area contributed by atoms with Crippen LogP contribution in [0, 0.1) is 6.92 Å². The van der Waals surface area contributed by atoms with Crippen LogP contribution in [0.1, 0.15) is 5.56 Å². The fraction of sp³-hybridized carbons (Fsp3) is 0.261. The molecule has 0 radical (unpaired) electrons. The highest BCUT2D eigenvalue weighted by Crippen LogP contribution is 2.29. The highest BCUT2D eigenvalue weighted by molar-refractivity contribution is 6.36. The van der Waals surface area contributed by atoms with E-state index in [9.17, 15) is 4.79 Å². The summed E-state index contributed by atoms with van der Waals surface area (Å²) in [5.74, 6) is 1.40. The van der Waals surface area contributed by atoms with Crippen LogP contribution in [0.5, 0.6) is 5.75 Å². The number of piperazine rings is 1. The molecule has 2 amide bonds. The van der Waals surface area contributed by atoms with E-state index >= 15 is 0 Å². The van der Waals surface area contributed by atoms with Gasteiger partial charge in [0.25, 0.3) is 0 Å². The fourth-order valence-electron chi connectivity index (χ4n) is 3.59. The lowest BCUT2D eigenvalue weighted by atomic mass is 10.1. The zero-order valence-electron chi connectivity index (χ0n) is 17.8. The summed E-state index contributed by atoms with van der Waals surface area (Å²) in [5.41, 5.74) is 3.18. The first-order valence-electron chi connectivity index (χ1n) is 10.2. The summed E-state index contributed by atoms with van der Waals surface area (Å²) < 4.78 is 5.35. The first-order valence-corrected chi connectivity index (χ1v) is 10.9. The van der Waals surface area contributed by atoms with E-state index in [4.69, 9.17) is 27.9 Å². The molecule has 1 saturated heterocycles. The van der Waals surface area contributed by atoms with Crippen LogP contribution in [0.2, 0.25) is 10.0 Å². The minimum absolute atomic E-state index is 0.146. The zero-order valence-corrected chi connectivity index (χ0v) is 19.3. The SMILES string of the molecule is COc1ccc(C)cc1NC(=O)N1CCN(c2ccc(-c3ccc(Cl)cc3Cl)nn2)CC1. The number of ether oxygens (including phenoxy) is 1. The number of benzene rings is 2. The maximum Gasteiger partial charge on any atom is 0.322 e. The van der Waals surface area contributed by atoms with Crippen LogP contribution >= 0.6 is 23.2 Å². The van der Waals surface area contributed by atoms with Crippen LogP contribution in [-0.4, -0.2) is 54.4 Å². The van der Waals surface area contributed by atoms with Gasteiger partial charge in [0.2, 0.25) is 0 Å². The maximum absolute atomic E-state index is 12.7. The van der Waals surface area contributed by atoms with Gasteiger partial charge in [0.05, 0.1) is 23.5 Å². The van der Waals surface area contributed by atoms with Gasteiger partial charge in [-0.3, -0.25) is 0 Å². The van der Waals surface area contributed by atoms with E-state index in [1.54, 1.807) is 24.1 Å². The molecule has 1 fully saturated rings. The number of nitrogens with one attached hydrogen (secondary N) is 1. The molecule has 4 rings (SSSR count). The van der Waals surface area contributed by atoms with Crippen molar-refractivity contribution in [3.05, 3.63) is 64.1 Å². The van der Waals surface area contributed by atoms with Gasteiger partial charge in [-0.25, -0.2) is 4.79 Å². The van der Waals surface area contributed by atoms with E-state index in [1.807, 2.05) is 43.3 Å². The number of nitrogens with zero attached hydrogens (tertiary/aromatic N) is 4. The van der Waals surface area contributed by atoms with Crippen LogP contribution in [0.4, 0.5) is 16.3 Å². The number of halogens is 2. The average Bonchev–Trinajstić information content (AvgIpc) is 2.79. The van der Waals surface area contributed by atoms with Crippen molar-refractivity contribution in [3.8, 4) is 17.0 Å². The number of aromatic nitrogens is 2. The Hall–Kier alpha value is -3.03. The summed E-state index contributed by atoms with van der Waals surface area (Å²) in [6.07, 6.45) is 0. The van der Waals surface area contributed by atoms with Gasteiger partial charge in [0, 0.05) is 36.8 Å². The number of methoxy groups -OCH3 is 1. The Morgan fingerprint density at radius 3 is 2.44 bits per heavy atom. The van der Waals surface area contributed by atoms with Crippen molar-refractivity contribution in [2.45, 2.75) is 6.92 Å². The molecule has 0 saturated carbocycles. The van der Waals surface area contributed by atoms with E-state index < -0.39 is 0 Å². The van der Waals surface area contributed by atoms with Crippen molar-refractivity contribution in [1.82, 2.24) is 15.1 Å². The molecular formula is C23H23Cl2N5O2. The Morgan fingerprint density at radius 2 is 1.78 bits per heavy atom. The molecule has 3 aromatic rings. The molecule has 1 aliphatic rings. The predicted octanol–water partition coefficient (Wildman–Crippen LogP) is 5.12. The van der Waals surface area contributed by atoms with Crippen LogP contribution in [0.25, 0.3) is 11.3 Å². The average molecular weight is 472 g/mol. The third-order valence-electron chi connectivity index (χ3n) is 5.35. The Bertz CT molecular complexity index is 1120. The van der Waals surface area contributed by atoms with E-state index in [1.165, 1.54) is 0 Å². The highest BCUT2D eigenvalue weighted by atomic mass is 35.5. The van der Waals surface area contributed by atoms with Gasteiger partial charge in [0.15, 0.2) is 5.82 Å². The van der Waals surface area contributed by atoms with Gasteiger partial charge in [-0.05, 0) is 55.0 Å². The number of carbonyl (C=O) groups excluding carboxylic acids is 1. The number of hydrogen-bond acceptors (Lipinski definition) is 5. The lowest BCUT2D eigenvalue weighted by Gasteiger charge is -2.35.